The molecule has 0 radical (unpaired) electrons. The van der Waals surface area contributed by atoms with Crippen molar-refractivity contribution in [1.29, 1.82) is 0 Å². The Balaban J connectivity index is 2.07. The van der Waals surface area contributed by atoms with Crippen LogP contribution in [0.15, 0.2) is 10.7 Å². The Morgan fingerprint density at radius 2 is 2.00 bits per heavy atom. The van der Waals surface area contributed by atoms with Crippen LogP contribution in [0.3, 0.4) is 0 Å². The summed E-state index contributed by atoms with van der Waals surface area (Å²) in [5, 5.41) is 8.90. The molecule has 1 amide bonds. The summed E-state index contributed by atoms with van der Waals surface area (Å²) in [7, 11) is 1.79. The standard InChI is InChI=1S/C16H23NO4/c1-11-10-21-13(8-14(18)19)15(11)16(20)17(2)9-12-6-4-3-5-7-12/h10,12H,3-9H2,1-2H3,(H,18,19). The summed E-state index contributed by atoms with van der Waals surface area (Å²) >= 11 is 0. The van der Waals surface area contributed by atoms with E-state index in [-0.39, 0.29) is 18.1 Å². The van der Waals surface area contributed by atoms with Gasteiger partial charge in [0, 0.05) is 19.2 Å². The Labute approximate surface area is 124 Å². The molecule has 5 nitrogen and oxygen atoms in total. The highest BCUT2D eigenvalue weighted by Gasteiger charge is 2.25. The molecule has 0 atom stereocenters. The summed E-state index contributed by atoms with van der Waals surface area (Å²) in [5.41, 5.74) is 1.11. The lowest BCUT2D eigenvalue weighted by Gasteiger charge is -2.27. The Morgan fingerprint density at radius 1 is 1.33 bits per heavy atom. The fraction of sp³-hybridized carbons (Fsp3) is 0.625. The lowest BCUT2D eigenvalue weighted by molar-refractivity contribution is -0.136. The van der Waals surface area contributed by atoms with E-state index in [9.17, 15) is 9.59 Å². The molecule has 1 fully saturated rings. The first-order valence-electron chi connectivity index (χ1n) is 7.53. The quantitative estimate of drug-likeness (QED) is 0.906. The number of hydrogen-bond donors (Lipinski definition) is 1. The maximum absolute atomic E-state index is 12.6. The van der Waals surface area contributed by atoms with E-state index in [1.165, 1.54) is 38.4 Å². The molecule has 0 aliphatic heterocycles. The molecule has 0 saturated heterocycles. The summed E-state index contributed by atoms with van der Waals surface area (Å²) < 4.78 is 5.24. The van der Waals surface area contributed by atoms with Gasteiger partial charge in [0.1, 0.15) is 12.2 Å². The van der Waals surface area contributed by atoms with Crippen LogP contribution >= 0.6 is 0 Å². The van der Waals surface area contributed by atoms with E-state index >= 15 is 0 Å². The fourth-order valence-electron chi connectivity index (χ4n) is 3.08. The van der Waals surface area contributed by atoms with Crippen molar-refractivity contribution in [2.24, 2.45) is 5.92 Å². The van der Waals surface area contributed by atoms with Crippen LogP contribution in [0, 0.1) is 12.8 Å². The van der Waals surface area contributed by atoms with Gasteiger partial charge in [0.05, 0.1) is 11.8 Å². The molecule has 116 valence electrons. The van der Waals surface area contributed by atoms with E-state index in [2.05, 4.69) is 0 Å². The predicted octanol–water partition coefficient (Wildman–Crippen LogP) is 2.87. The SMILES string of the molecule is Cc1coc(CC(=O)O)c1C(=O)N(C)CC1CCCCC1. The van der Waals surface area contributed by atoms with Crippen LogP contribution in [0.5, 0.6) is 0 Å². The van der Waals surface area contributed by atoms with Crippen LogP contribution in [0.4, 0.5) is 0 Å². The Bertz CT molecular complexity index is 514. The van der Waals surface area contributed by atoms with Crippen molar-refractivity contribution in [2.45, 2.75) is 45.4 Å². The van der Waals surface area contributed by atoms with Gasteiger partial charge < -0.3 is 14.4 Å². The van der Waals surface area contributed by atoms with E-state index in [0.29, 0.717) is 17.0 Å². The van der Waals surface area contributed by atoms with Gasteiger partial charge in [-0.25, -0.2) is 0 Å². The van der Waals surface area contributed by atoms with E-state index in [1.54, 1.807) is 18.9 Å². The van der Waals surface area contributed by atoms with Crippen LogP contribution < -0.4 is 0 Å². The first-order valence-corrected chi connectivity index (χ1v) is 7.53. The van der Waals surface area contributed by atoms with Crippen molar-refractivity contribution >= 4 is 11.9 Å². The minimum atomic E-state index is -0.992. The molecule has 1 aliphatic carbocycles. The maximum atomic E-state index is 12.6. The molecule has 5 heteroatoms. The zero-order chi connectivity index (χ0) is 15.4. The number of carboxylic acid groups (broad SMARTS) is 1. The average molecular weight is 293 g/mol. The Morgan fingerprint density at radius 3 is 2.62 bits per heavy atom. The third-order valence-corrected chi connectivity index (χ3v) is 4.18. The molecule has 2 rings (SSSR count). The number of nitrogens with zero attached hydrogens (tertiary/aromatic N) is 1. The molecule has 1 aromatic rings. The second-order valence-electron chi connectivity index (χ2n) is 5.98. The van der Waals surface area contributed by atoms with E-state index in [0.717, 1.165) is 6.54 Å². The van der Waals surface area contributed by atoms with Gasteiger partial charge in [0.25, 0.3) is 5.91 Å². The molecule has 1 heterocycles. The minimum absolute atomic E-state index is 0.136. The normalized spacial score (nSPS) is 15.9. The van der Waals surface area contributed by atoms with E-state index in [4.69, 9.17) is 9.52 Å². The van der Waals surface area contributed by atoms with Crippen LogP contribution in [-0.4, -0.2) is 35.5 Å². The van der Waals surface area contributed by atoms with Gasteiger partial charge in [0.2, 0.25) is 0 Å². The second kappa shape index (κ2) is 6.78. The Kier molecular flexibility index (Phi) is 5.04. The van der Waals surface area contributed by atoms with E-state index < -0.39 is 5.97 Å². The molecule has 1 saturated carbocycles. The molecule has 0 aromatic carbocycles. The van der Waals surface area contributed by atoms with Crippen LogP contribution in [-0.2, 0) is 11.2 Å². The number of rotatable bonds is 5. The number of aryl methyl sites for hydroxylation is 1. The second-order valence-corrected chi connectivity index (χ2v) is 5.98. The third-order valence-electron chi connectivity index (χ3n) is 4.18. The van der Waals surface area contributed by atoms with Crippen molar-refractivity contribution in [2.75, 3.05) is 13.6 Å². The monoisotopic (exact) mass is 293 g/mol. The van der Waals surface area contributed by atoms with Gasteiger partial charge in [-0.2, -0.15) is 0 Å². The molecule has 0 spiro atoms. The van der Waals surface area contributed by atoms with Gasteiger partial charge in [-0.3, -0.25) is 9.59 Å². The zero-order valence-corrected chi connectivity index (χ0v) is 12.7. The molecule has 1 aliphatic rings. The fourth-order valence-corrected chi connectivity index (χ4v) is 3.08. The number of carbonyl (C=O) groups excluding carboxylic acids is 1. The number of carbonyl (C=O) groups is 2. The van der Waals surface area contributed by atoms with Crippen LogP contribution in [0.1, 0.15) is 53.8 Å². The maximum Gasteiger partial charge on any atom is 0.311 e. The summed E-state index contributed by atoms with van der Waals surface area (Å²) in [6.45, 7) is 2.51. The molecule has 0 bridgehead atoms. The highest BCUT2D eigenvalue weighted by Crippen LogP contribution is 2.25. The zero-order valence-electron chi connectivity index (χ0n) is 12.7. The van der Waals surface area contributed by atoms with Gasteiger partial charge in [0.15, 0.2) is 0 Å². The summed E-state index contributed by atoms with van der Waals surface area (Å²) in [6.07, 6.45) is 7.31. The van der Waals surface area contributed by atoms with Crippen molar-refractivity contribution in [3.8, 4) is 0 Å². The largest absolute Gasteiger partial charge is 0.481 e. The van der Waals surface area contributed by atoms with E-state index in [1.807, 2.05) is 0 Å². The molecule has 21 heavy (non-hydrogen) atoms. The smallest absolute Gasteiger partial charge is 0.311 e. The molecule has 1 aromatic heterocycles. The summed E-state index contributed by atoms with van der Waals surface area (Å²) in [6, 6.07) is 0. The topological polar surface area (TPSA) is 70.7 Å². The third kappa shape index (κ3) is 3.86. The first kappa shape index (κ1) is 15.6. The number of aliphatic carboxylic acids is 1. The average Bonchev–Trinajstić information content (AvgIpc) is 2.79. The molecule has 1 N–H and O–H groups in total. The molecular weight excluding hydrogens is 270 g/mol. The highest BCUT2D eigenvalue weighted by molar-refractivity contribution is 5.97. The summed E-state index contributed by atoms with van der Waals surface area (Å²) in [5.74, 6) is -0.320. The Hall–Kier alpha value is -1.78. The molecular formula is C16H23NO4. The first-order chi connectivity index (χ1) is 9.99. The number of amides is 1. The van der Waals surface area contributed by atoms with Crippen LogP contribution in [0.2, 0.25) is 0 Å². The van der Waals surface area contributed by atoms with Gasteiger partial charge in [-0.05, 0) is 25.7 Å². The van der Waals surface area contributed by atoms with Gasteiger partial charge >= 0.3 is 5.97 Å². The number of hydrogen-bond acceptors (Lipinski definition) is 3. The highest BCUT2D eigenvalue weighted by atomic mass is 16.4. The predicted molar refractivity (Wildman–Crippen MR) is 78.3 cm³/mol. The van der Waals surface area contributed by atoms with Gasteiger partial charge in [-0.1, -0.05) is 19.3 Å². The van der Waals surface area contributed by atoms with Gasteiger partial charge in [-0.15, -0.1) is 0 Å². The van der Waals surface area contributed by atoms with Crippen molar-refractivity contribution in [1.82, 2.24) is 4.90 Å². The number of furan rings is 1. The lowest BCUT2D eigenvalue weighted by Crippen LogP contribution is -2.33. The van der Waals surface area contributed by atoms with Crippen molar-refractivity contribution in [3.05, 3.63) is 23.2 Å². The molecule has 0 unspecified atom stereocenters. The van der Waals surface area contributed by atoms with Crippen molar-refractivity contribution < 1.29 is 19.1 Å². The van der Waals surface area contributed by atoms with Crippen molar-refractivity contribution in [3.63, 3.8) is 0 Å². The summed E-state index contributed by atoms with van der Waals surface area (Å²) in [4.78, 5) is 25.1. The lowest BCUT2D eigenvalue weighted by atomic mass is 9.89. The van der Waals surface area contributed by atoms with Crippen LogP contribution in [0.25, 0.3) is 0 Å². The minimum Gasteiger partial charge on any atom is -0.481 e. The number of carboxylic acids is 1.